The average molecular weight is 222 g/mol. The molecule has 0 aliphatic carbocycles. The van der Waals surface area contributed by atoms with Gasteiger partial charge in [0.15, 0.2) is 5.78 Å². The van der Waals surface area contributed by atoms with Gasteiger partial charge in [0, 0.05) is 0 Å². The van der Waals surface area contributed by atoms with Gasteiger partial charge in [0.2, 0.25) is 0 Å². The number of para-hydroxylation sites is 1. The van der Waals surface area contributed by atoms with Crippen LogP contribution in [0.15, 0.2) is 24.3 Å². The SMILES string of the molecule is CC(C)Oc1ccccc1C(=O)C(C)(C)O. The molecule has 0 saturated carbocycles. The molecule has 0 aliphatic rings. The van der Waals surface area contributed by atoms with Crippen LogP contribution in [-0.4, -0.2) is 22.6 Å². The molecule has 0 fully saturated rings. The van der Waals surface area contributed by atoms with Gasteiger partial charge in [-0.15, -0.1) is 0 Å². The average Bonchev–Trinajstić information content (AvgIpc) is 2.15. The summed E-state index contributed by atoms with van der Waals surface area (Å²) in [7, 11) is 0. The summed E-state index contributed by atoms with van der Waals surface area (Å²) >= 11 is 0. The van der Waals surface area contributed by atoms with E-state index >= 15 is 0 Å². The summed E-state index contributed by atoms with van der Waals surface area (Å²) in [5.74, 6) is 0.188. The molecule has 1 N–H and O–H groups in total. The molecule has 0 radical (unpaired) electrons. The molecule has 1 aromatic rings. The highest BCUT2D eigenvalue weighted by Crippen LogP contribution is 2.23. The quantitative estimate of drug-likeness (QED) is 0.796. The van der Waals surface area contributed by atoms with Crippen LogP contribution in [-0.2, 0) is 0 Å². The molecule has 0 atom stereocenters. The van der Waals surface area contributed by atoms with E-state index in [1.165, 1.54) is 13.8 Å². The lowest BCUT2D eigenvalue weighted by Gasteiger charge is -2.19. The minimum atomic E-state index is -1.38. The van der Waals surface area contributed by atoms with Crippen LogP contribution in [0.25, 0.3) is 0 Å². The summed E-state index contributed by atoms with van der Waals surface area (Å²) in [4.78, 5) is 11.9. The highest BCUT2D eigenvalue weighted by atomic mass is 16.5. The van der Waals surface area contributed by atoms with Crippen LogP contribution in [0.3, 0.4) is 0 Å². The van der Waals surface area contributed by atoms with Crippen molar-refractivity contribution >= 4 is 5.78 Å². The Hall–Kier alpha value is -1.35. The largest absolute Gasteiger partial charge is 0.490 e. The van der Waals surface area contributed by atoms with Crippen molar-refractivity contribution in [2.45, 2.75) is 39.4 Å². The lowest BCUT2D eigenvalue weighted by molar-refractivity contribution is 0.0482. The van der Waals surface area contributed by atoms with Crippen LogP contribution in [0.5, 0.6) is 5.75 Å². The number of carbonyl (C=O) groups excluding carboxylic acids is 1. The number of benzene rings is 1. The van der Waals surface area contributed by atoms with Crippen molar-refractivity contribution in [2.75, 3.05) is 0 Å². The first-order valence-corrected chi connectivity index (χ1v) is 5.35. The Kier molecular flexibility index (Phi) is 3.70. The fourth-order valence-electron chi connectivity index (χ4n) is 1.34. The summed E-state index contributed by atoms with van der Waals surface area (Å²) in [6.45, 7) is 6.74. The van der Waals surface area contributed by atoms with Gasteiger partial charge >= 0.3 is 0 Å². The fraction of sp³-hybridized carbons (Fsp3) is 0.462. The summed E-state index contributed by atoms with van der Waals surface area (Å²) in [5.41, 5.74) is -0.958. The lowest BCUT2D eigenvalue weighted by Crippen LogP contribution is -2.31. The van der Waals surface area contributed by atoms with Gasteiger partial charge < -0.3 is 9.84 Å². The molecule has 0 unspecified atom stereocenters. The van der Waals surface area contributed by atoms with Crippen molar-refractivity contribution in [3.8, 4) is 5.75 Å². The van der Waals surface area contributed by atoms with E-state index in [0.717, 1.165) is 0 Å². The number of carbonyl (C=O) groups is 1. The minimum Gasteiger partial charge on any atom is -0.490 e. The number of ketones is 1. The third kappa shape index (κ3) is 3.07. The smallest absolute Gasteiger partial charge is 0.197 e. The molecule has 0 bridgehead atoms. The zero-order valence-corrected chi connectivity index (χ0v) is 10.2. The Bertz CT molecular complexity index is 375. The van der Waals surface area contributed by atoms with Gasteiger partial charge in [-0.25, -0.2) is 0 Å². The molecule has 0 aliphatic heterocycles. The van der Waals surface area contributed by atoms with Crippen LogP contribution in [0.2, 0.25) is 0 Å². The Balaban J connectivity index is 3.09. The van der Waals surface area contributed by atoms with E-state index in [2.05, 4.69) is 0 Å². The number of rotatable bonds is 4. The van der Waals surface area contributed by atoms with Crippen molar-refractivity contribution < 1.29 is 14.6 Å². The number of hydrogen-bond acceptors (Lipinski definition) is 3. The van der Waals surface area contributed by atoms with E-state index in [1.54, 1.807) is 24.3 Å². The molecular weight excluding hydrogens is 204 g/mol. The molecule has 1 aromatic carbocycles. The number of aliphatic hydroxyl groups is 1. The lowest BCUT2D eigenvalue weighted by atomic mass is 9.96. The van der Waals surface area contributed by atoms with Gasteiger partial charge in [0.25, 0.3) is 0 Å². The van der Waals surface area contributed by atoms with Gasteiger partial charge in [-0.1, -0.05) is 12.1 Å². The summed E-state index contributed by atoms with van der Waals surface area (Å²) in [6, 6.07) is 6.96. The summed E-state index contributed by atoms with van der Waals surface area (Å²) < 4.78 is 5.53. The zero-order chi connectivity index (χ0) is 12.3. The van der Waals surface area contributed by atoms with Crippen LogP contribution in [0.1, 0.15) is 38.1 Å². The Morgan fingerprint density at radius 3 is 2.38 bits per heavy atom. The van der Waals surface area contributed by atoms with Crippen molar-refractivity contribution in [1.82, 2.24) is 0 Å². The zero-order valence-electron chi connectivity index (χ0n) is 10.2. The Morgan fingerprint density at radius 2 is 1.88 bits per heavy atom. The monoisotopic (exact) mass is 222 g/mol. The van der Waals surface area contributed by atoms with Gasteiger partial charge in [-0.3, -0.25) is 4.79 Å². The maximum atomic E-state index is 11.9. The van der Waals surface area contributed by atoms with Crippen molar-refractivity contribution in [2.24, 2.45) is 0 Å². The van der Waals surface area contributed by atoms with Crippen LogP contribution in [0.4, 0.5) is 0 Å². The molecular formula is C13H18O3. The molecule has 0 spiro atoms. The number of Topliss-reactive ketones (excluding diaryl/α,β-unsaturated/α-hetero) is 1. The maximum absolute atomic E-state index is 11.9. The van der Waals surface area contributed by atoms with Crippen molar-refractivity contribution in [3.63, 3.8) is 0 Å². The first kappa shape index (κ1) is 12.7. The molecule has 0 saturated heterocycles. The molecule has 3 heteroatoms. The highest BCUT2D eigenvalue weighted by molar-refractivity contribution is 6.03. The highest BCUT2D eigenvalue weighted by Gasteiger charge is 2.27. The standard InChI is InChI=1S/C13H18O3/c1-9(2)16-11-8-6-5-7-10(11)12(14)13(3,4)15/h5-9,15H,1-4H3. The molecule has 0 aromatic heterocycles. The second-order valence-electron chi connectivity index (χ2n) is 4.55. The second-order valence-corrected chi connectivity index (χ2v) is 4.55. The van der Waals surface area contributed by atoms with E-state index in [-0.39, 0.29) is 11.9 Å². The molecule has 88 valence electrons. The van der Waals surface area contributed by atoms with Gasteiger partial charge in [-0.05, 0) is 39.8 Å². The van der Waals surface area contributed by atoms with Gasteiger partial charge in [0.05, 0.1) is 11.7 Å². The summed E-state index contributed by atoms with van der Waals surface area (Å²) in [6.07, 6.45) is -0.00393. The fourth-order valence-corrected chi connectivity index (χ4v) is 1.34. The van der Waals surface area contributed by atoms with Crippen molar-refractivity contribution in [1.29, 1.82) is 0 Å². The molecule has 16 heavy (non-hydrogen) atoms. The minimum absolute atomic E-state index is 0.00393. The van der Waals surface area contributed by atoms with E-state index in [4.69, 9.17) is 4.74 Å². The number of ether oxygens (including phenoxy) is 1. The number of hydrogen-bond donors (Lipinski definition) is 1. The molecule has 0 amide bonds. The van der Waals surface area contributed by atoms with Gasteiger partial charge in [0.1, 0.15) is 11.4 Å². The Morgan fingerprint density at radius 1 is 1.31 bits per heavy atom. The van der Waals surface area contributed by atoms with E-state index in [1.807, 2.05) is 13.8 Å². The molecule has 0 heterocycles. The topological polar surface area (TPSA) is 46.5 Å². The molecule has 1 rings (SSSR count). The second kappa shape index (κ2) is 4.66. The first-order valence-electron chi connectivity index (χ1n) is 5.35. The maximum Gasteiger partial charge on any atom is 0.197 e. The van der Waals surface area contributed by atoms with Crippen LogP contribution >= 0.6 is 0 Å². The van der Waals surface area contributed by atoms with Crippen molar-refractivity contribution in [3.05, 3.63) is 29.8 Å². The van der Waals surface area contributed by atoms with E-state index in [9.17, 15) is 9.90 Å². The third-order valence-corrected chi connectivity index (χ3v) is 2.05. The Labute approximate surface area is 96.1 Å². The van der Waals surface area contributed by atoms with Crippen LogP contribution < -0.4 is 4.74 Å². The third-order valence-electron chi connectivity index (χ3n) is 2.05. The van der Waals surface area contributed by atoms with E-state index in [0.29, 0.717) is 11.3 Å². The predicted molar refractivity (Wildman–Crippen MR) is 62.8 cm³/mol. The van der Waals surface area contributed by atoms with Gasteiger partial charge in [-0.2, -0.15) is 0 Å². The van der Waals surface area contributed by atoms with Crippen LogP contribution in [0, 0.1) is 0 Å². The first-order chi connectivity index (χ1) is 7.32. The summed E-state index contributed by atoms with van der Waals surface area (Å²) in [5, 5.41) is 9.69. The molecule has 3 nitrogen and oxygen atoms in total. The van der Waals surface area contributed by atoms with E-state index < -0.39 is 5.60 Å². The predicted octanol–water partition coefficient (Wildman–Crippen LogP) is 2.43. The normalized spacial score (nSPS) is 11.6.